The second-order valence-corrected chi connectivity index (χ2v) is 14.4. The van der Waals surface area contributed by atoms with Gasteiger partial charge < -0.3 is 14.2 Å². The van der Waals surface area contributed by atoms with Gasteiger partial charge in [-0.15, -0.1) is 0 Å². The van der Waals surface area contributed by atoms with Gasteiger partial charge >= 0.3 is 0 Å². The predicted octanol–water partition coefficient (Wildman–Crippen LogP) is 10.5. The Morgan fingerprint density at radius 1 is 0.600 bits per heavy atom. The molecule has 214 valence electrons. The number of ether oxygens (including phenoxy) is 3. The summed E-state index contributed by atoms with van der Waals surface area (Å²) < 4.78 is 17.4. The fourth-order valence-electron chi connectivity index (χ4n) is 4.37. The molecule has 0 spiro atoms. The zero-order valence-electron chi connectivity index (χ0n) is 26.9. The molecule has 0 aromatic carbocycles. The van der Waals surface area contributed by atoms with Gasteiger partial charge in [-0.2, -0.15) is 0 Å². The number of hydrogen-bond donors (Lipinski definition) is 0. The minimum atomic E-state index is -0.0156. The summed E-state index contributed by atoms with van der Waals surface area (Å²) >= 11 is 0. The zero-order chi connectivity index (χ0) is 27.8. The van der Waals surface area contributed by atoms with Crippen molar-refractivity contribution < 1.29 is 14.2 Å². The molecule has 0 radical (unpaired) electrons. The van der Waals surface area contributed by atoms with Crippen LogP contribution in [0.15, 0.2) is 0 Å². The van der Waals surface area contributed by atoms with Crippen molar-refractivity contribution in [3.8, 4) is 0 Å². The van der Waals surface area contributed by atoms with E-state index in [-0.39, 0.29) is 22.4 Å². The summed E-state index contributed by atoms with van der Waals surface area (Å²) in [6.45, 7) is 30.7. The Bertz CT molecular complexity index is 453. The Kier molecular flexibility index (Phi) is 19.2. The van der Waals surface area contributed by atoms with Crippen LogP contribution < -0.4 is 0 Å². The molecular weight excluding hydrogens is 432 g/mol. The first kappa shape index (κ1) is 37.0. The van der Waals surface area contributed by atoms with Gasteiger partial charge in [-0.3, -0.25) is 0 Å². The Labute approximate surface area is 222 Å². The van der Waals surface area contributed by atoms with E-state index in [0.717, 1.165) is 12.5 Å². The average Bonchev–Trinajstić information content (AvgIpc) is 2.63. The van der Waals surface area contributed by atoms with Crippen molar-refractivity contribution in [2.24, 2.45) is 5.92 Å². The molecule has 3 heteroatoms. The molecule has 3 nitrogen and oxygen atoms in total. The molecule has 0 saturated heterocycles. The van der Waals surface area contributed by atoms with Gasteiger partial charge in [-0.05, 0) is 115 Å². The summed E-state index contributed by atoms with van der Waals surface area (Å²) in [6.07, 6.45) is 15.2. The first-order chi connectivity index (χ1) is 15.8. The van der Waals surface area contributed by atoms with Crippen molar-refractivity contribution in [2.75, 3.05) is 6.61 Å². The van der Waals surface area contributed by atoms with E-state index in [1.54, 1.807) is 0 Å². The van der Waals surface area contributed by atoms with E-state index in [0.29, 0.717) is 6.10 Å². The van der Waals surface area contributed by atoms with Gasteiger partial charge in [-0.25, -0.2) is 0 Å². The van der Waals surface area contributed by atoms with Crippen molar-refractivity contribution >= 4 is 0 Å². The summed E-state index contributed by atoms with van der Waals surface area (Å²) in [4.78, 5) is 0. The van der Waals surface area contributed by atoms with E-state index in [9.17, 15) is 0 Å². The van der Waals surface area contributed by atoms with Crippen LogP contribution in [0, 0.1) is 5.92 Å². The van der Waals surface area contributed by atoms with Crippen LogP contribution in [0.2, 0.25) is 0 Å². The Morgan fingerprint density at radius 3 is 1.46 bits per heavy atom. The molecule has 0 aromatic heterocycles. The van der Waals surface area contributed by atoms with Crippen LogP contribution in [0.1, 0.15) is 168 Å². The molecular formula is C32H68O3. The van der Waals surface area contributed by atoms with E-state index in [4.69, 9.17) is 14.2 Å². The first-order valence-electron chi connectivity index (χ1n) is 14.8. The molecule has 0 N–H and O–H groups in total. The molecule has 1 fully saturated rings. The minimum Gasteiger partial charge on any atom is -0.376 e. The van der Waals surface area contributed by atoms with Gasteiger partial charge in [-0.1, -0.05) is 58.8 Å². The Morgan fingerprint density at radius 2 is 1.11 bits per heavy atom. The molecule has 1 aliphatic carbocycles. The number of unbranched alkanes of at least 4 members (excludes halogenated alkanes) is 2. The van der Waals surface area contributed by atoms with E-state index >= 15 is 0 Å². The lowest BCUT2D eigenvalue weighted by Gasteiger charge is -2.30. The quantitative estimate of drug-likeness (QED) is 0.295. The third-order valence-corrected chi connectivity index (χ3v) is 5.35. The topological polar surface area (TPSA) is 27.7 Å². The van der Waals surface area contributed by atoms with Crippen LogP contribution in [0.3, 0.4) is 0 Å². The second-order valence-electron chi connectivity index (χ2n) is 14.4. The SMILES string of the molecule is CC(C)(C)OC(C)(C)C.CC(C)(C)OC1CCCCC1.CCCCCC(CCC)COC(C)(C)C. The van der Waals surface area contributed by atoms with Gasteiger partial charge in [0.1, 0.15) is 0 Å². The summed E-state index contributed by atoms with van der Waals surface area (Å²) in [5.74, 6) is 0.778. The summed E-state index contributed by atoms with van der Waals surface area (Å²) in [5, 5.41) is 0. The summed E-state index contributed by atoms with van der Waals surface area (Å²) in [5.41, 5.74) is 0.0508. The maximum atomic E-state index is 5.88. The van der Waals surface area contributed by atoms with E-state index in [2.05, 4.69) is 96.9 Å². The highest BCUT2D eigenvalue weighted by Crippen LogP contribution is 2.24. The van der Waals surface area contributed by atoms with Gasteiger partial charge in [0, 0.05) is 0 Å². The molecule has 0 heterocycles. The molecule has 1 aliphatic rings. The highest BCUT2D eigenvalue weighted by Gasteiger charge is 2.21. The van der Waals surface area contributed by atoms with Crippen LogP contribution in [-0.2, 0) is 14.2 Å². The van der Waals surface area contributed by atoms with Crippen LogP contribution in [0.25, 0.3) is 0 Å². The average molecular weight is 501 g/mol. The molecule has 35 heavy (non-hydrogen) atoms. The Balaban J connectivity index is 0. The van der Waals surface area contributed by atoms with Gasteiger partial charge in [0.05, 0.1) is 35.1 Å². The van der Waals surface area contributed by atoms with Gasteiger partial charge in [0.15, 0.2) is 0 Å². The fourth-order valence-corrected chi connectivity index (χ4v) is 4.37. The molecule has 0 aliphatic heterocycles. The van der Waals surface area contributed by atoms with Crippen molar-refractivity contribution in [2.45, 2.75) is 196 Å². The van der Waals surface area contributed by atoms with Crippen molar-refractivity contribution in [1.82, 2.24) is 0 Å². The van der Waals surface area contributed by atoms with Crippen LogP contribution >= 0.6 is 0 Å². The maximum absolute atomic E-state index is 5.88. The predicted molar refractivity (Wildman–Crippen MR) is 157 cm³/mol. The smallest absolute Gasteiger partial charge is 0.0605 e. The lowest BCUT2D eigenvalue weighted by atomic mass is 9.97. The fraction of sp³-hybridized carbons (Fsp3) is 1.00. The number of rotatable bonds is 9. The molecule has 1 unspecified atom stereocenters. The van der Waals surface area contributed by atoms with Crippen LogP contribution in [0.4, 0.5) is 0 Å². The highest BCUT2D eigenvalue weighted by atomic mass is 16.5. The molecule has 0 aromatic rings. The van der Waals surface area contributed by atoms with E-state index in [1.807, 2.05) is 0 Å². The van der Waals surface area contributed by atoms with E-state index < -0.39 is 0 Å². The summed E-state index contributed by atoms with van der Waals surface area (Å²) in [6, 6.07) is 0. The monoisotopic (exact) mass is 501 g/mol. The van der Waals surface area contributed by atoms with Crippen LogP contribution in [0.5, 0.6) is 0 Å². The molecule has 0 amide bonds. The molecule has 0 bridgehead atoms. The molecule has 1 saturated carbocycles. The highest BCUT2D eigenvalue weighted by molar-refractivity contribution is 4.70. The summed E-state index contributed by atoms with van der Waals surface area (Å²) in [7, 11) is 0. The second kappa shape index (κ2) is 18.2. The third-order valence-electron chi connectivity index (χ3n) is 5.35. The normalized spacial score (nSPS) is 16.6. The maximum Gasteiger partial charge on any atom is 0.0605 e. The molecule has 1 atom stereocenters. The van der Waals surface area contributed by atoms with Crippen molar-refractivity contribution in [3.05, 3.63) is 0 Å². The number of hydrogen-bond acceptors (Lipinski definition) is 3. The lowest BCUT2D eigenvalue weighted by Crippen LogP contribution is -2.31. The lowest BCUT2D eigenvalue weighted by molar-refractivity contribution is -0.102. The first-order valence-corrected chi connectivity index (χ1v) is 14.8. The third kappa shape index (κ3) is 31.9. The standard InChI is InChI=1S/C14H30O.C10H20O.C8H18O/c1-6-8-9-11-13(10-7-2)12-15-14(3,4)5;1-10(2,3)11-9-7-5-4-6-8-9;1-7(2,3)9-8(4,5)6/h13H,6-12H2,1-5H3;9H,4-8H2,1-3H3;1-6H3. The largest absolute Gasteiger partial charge is 0.376 e. The van der Waals surface area contributed by atoms with Crippen molar-refractivity contribution in [3.63, 3.8) is 0 Å². The molecule has 1 rings (SSSR count). The van der Waals surface area contributed by atoms with Crippen molar-refractivity contribution in [1.29, 1.82) is 0 Å². The van der Waals surface area contributed by atoms with Crippen LogP contribution in [-0.4, -0.2) is 35.1 Å². The Hall–Kier alpha value is -0.120. The van der Waals surface area contributed by atoms with Gasteiger partial charge in [0.2, 0.25) is 0 Å². The van der Waals surface area contributed by atoms with Gasteiger partial charge in [0.25, 0.3) is 0 Å². The van der Waals surface area contributed by atoms with E-state index in [1.165, 1.54) is 70.6 Å². The zero-order valence-corrected chi connectivity index (χ0v) is 26.9. The minimum absolute atomic E-state index is 0.0156.